The highest BCUT2D eigenvalue weighted by atomic mass is 32.2. The molecule has 0 aliphatic heterocycles. The summed E-state index contributed by atoms with van der Waals surface area (Å²) < 4.78 is 37.9. The van der Waals surface area contributed by atoms with Gasteiger partial charge in [0.05, 0.1) is 5.25 Å². The second-order valence-electron chi connectivity index (χ2n) is 3.76. The minimum absolute atomic E-state index is 0.00806. The van der Waals surface area contributed by atoms with Crippen molar-refractivity contribution in [2.75, 3.05) is 0 Å². The average Bonchev–Trinajstić information content (AvgIpc) is 2.37. The van der Waals surface area contributed by atoms with E-state index < -0.39 is 10.8 Å². The van der Waals surface area contributed by atoms with Gasteiger partial charge < -0.3 is 0 Å². The Hall–Kier alpha value is -1.42. The quantitative estimate of drug-likeness (QED) is 0.752. The second kappa shape index (κ2) is 5.48. The van der Waals surface area contributed by atoms with E-state index in [0.717, 1.165) is 0 Å². The van der Waals surface area contributed by atoms with E-state index in [2.05, 4.69) is 0 Å². The van der Waals surface area contributed by atoms with Crippen molar-refractivity contribution in [3.05, 3.63) is 71.8 Å². The topological polar surface area (TPSA) is 0 Å². The molecule has 0 N–H and O–H groups in total. The maximum Gasteiger partial charge on any atom is 0.442 e. The van der Waals surface area contributed by atoms with Gasteiger partial charge in [-0.2, -0.15) is 13.2 Å². The monoisotopic (exact) mass is 268 g/mol. The van der Waals surface area contributed by atoms with Crippen molar-refractivity contribution in [1.82, 2.24) is 0 Å². The zero-order chi connectivity index (χ0) is 13.0. The van der Waals surface area contributed by atoms with Gasteiger partial charge in [-0.05, 0) is 22.9 Å². The van der Waals surface area contributed by atoms with E-state index in [1.165, 1.54) is 0 Å². The lowest BCUT2D eigenvalue weighted by atomic mass is 10.0. The molecule has 0 aromatic heterocycles. The van der Waals surface area contributed by atoms with Crippen LogP contribution in [-0.4, -0.2) is 5.51 Å². The summed E-state index contributed by atoms with van der Waals surface area (Å²) in [6, 6.07) is 17.5. The molecule has 18 heavy (non-hydrogen) atoms. The lowest BCUT2D eigenvalue weighted by Gasteiger charge is -2.18. The Morgan fingerprint density at radius 1 is 0.722 bits per heavy atom. The van der Waals surface area contributed by atoms with Crippen molar-refractivity contribution in [3.63, 3.8) is 0 Å². The van der Waals surface area contributed by atoms with Gasteiger partial charge in [-0.15, -0.1) is 0 Å². The van der Waals surface area contributed by atoms with Crippen LogP contribution in [-0.2, 0) is 0 Å². The minimum atomic E-state index is -4.25. The predicted molar refractivity (Wildman–Crippen MR) is 68.4 cm³/mol. The van der Waals surface area contributed by atoms with Gasteiger partial charge in [-0.1, -0.05) is 60.7 Å². The molecule has 0 heterocycles. The molecule has 0 fully saturated rings. The van der Waals surface area contributed by atoms with Crippen LogP contribution in [0.2, 0.25) is 0 Å². The first kappa shape index (κ1) is 13.0. The SMILES string of the molecule is FC(F)(F)SC(c1ccccc1)c1ccccc1. The Labute approximate surface area is 108 Å². The molecule has 4 heteroatoms. The molecule has 94 valence electrons. The van der Waals surface area contributed by atoms with E-state index in [1.54, 1.807) is 60.7 Å². The molecule has 0 saturated carbocycles. The van der Waals surface area contributed by atoms with Crippen LogP contribution in [0, 0.1) is 0 Å². The van der Waals surface area contributed by atoms with Gasteiger partial charge in [0.2, 0.25) is 0 Å². The van der Waals surface area contributed by atoms with Crippen LogP contribution in [0.1, 0.15) is 16.4 Å². The molecular weight excluding hydrogens is 257 g/mol. The summed E-state index contributed by atoms with van der Waals surface area (Å²) in [5.41, 5.74) is -2.94. The van der Waals surface area contributed by atoms with Gasteiger partial charge in [-0.3, -0.25) is 0 Å². The highest BCUT2D eigenvalue weighted by Gasteiger charge is 2.34. The van der Waals surface area contributed by atoms with Crippen molar-refractivity contribution >= 4 is 11.8 Å². The van der Waals surface area contributed by atoms with E-state index >= 15 is 0 Å². The summed E-state index contributed by atoms with van der Waals surface area (Å²) >= 11 is 0.00806. The summed E-state index contributed by atoms with van der Waals surface area (Å²) in [5.74, 6) is 0. The lowest BCUT2D eigenvalue weighted by Crippen LogP contribution is -2.07. The molecule has 0 radical (unpaired) electrons. The fourth-order valence-electron chi connectivity index (χ4n) is 1.72. The Morgan fingerprint density at radius 2 is 1.11 bits per heavy atom. The Balaban J connectivity index is 2.36. The minimum Gasteiger partial charge on any atom is -0.160 e. The third-order valence-electron chi connectivity index (χ3n) is 2.46. The summed E-state index contributed by atoms with van der Waals surface area (Å²) in [6.45, 7) is 0. The molecule has 0 unspecified atom stereocenters. The van der Waals surface area contributed by atoms with E-state index in [0.29, 0.717) is 11.1 Å². The fourth-order valence-corrected chi connectivity index (χ4v) is 2.57. The normalized spacial score (nSPS) is 11.8. The Bertz CT molecular complexity index is 440. The van der Waals surface area contributed by atoms with Crippen LogP contribution in [0.3, 0.4) is 0 Å². The van der Waals surface area contributed by atoms with Crippen molar-refractivity contribution in [2.24, 2.45) is 0 Å². The third kappa shape index (κ3) is 3.53. The third-order valence-corrected chi connectivity index (χ3v) is 3.50. The standard InChI is InChI=1S/C14H11F3S/c15-14(16,17)18-13(11-7-3-1-4-8-11)12-9-5-2-6-10-12/h1-10,13H. The zero-order valence-electron chi connectivity index (χ0n) is 9.39. The molecule has 0 amide bonds. The van der Waals surface area contributed by atoms with Gasteiger partial charge >= 0.3 is 5.51 Å². The molecule has 2 rings (SSSR count). The van der Waals surface area contributed by atoms with E-state index in [-0.39, 0.29) is 11.8 Å². The van der Waals surface area contributed by atoms with Gasteiger partial charge in [0.15, 0.2) is 0 Å². The summed E-state index contributed by atoms with van der Waals surface area (Å²) in [4.78, 5) is 0. The zero-order valence-corrected chi connectivity index (χ0v) is 10.2. The van der Waals surface area contributed by atoms with Crippen LogP contribution >= 0.6 is 11.8 Å². The number of benzene rings is 2. The van der Waals surface area contributed by atoms with Crippen molar-refractivity contribution in [1.29, 1.82) is 0 Å². The first-order chi connectivity index (χ1) is 8.56. The summed E-state index contributed by atoms with van der Waals surface area (Å²) in [7, 11) is 0. The van der Waals surface area contributed by atoms with E-state index in [4.69, 9.17) is 0 Å². The smallest absolute Gasteiger partial charge is 0.160 e. The van der Waals surface area contributed by atoms with Crippen molar-refractivity contribution in [3.8, 4) is 0 Å². The van der Waals surface area contributed by atoms with Crippen LogP contribution in [0.5, 0.6) is 0 Å². The molecule has 0 atom stereocenters. The number of hydrogen-bond donors (Lipinski definition) is 0. The molecular formula is C14H11F3S. The average molecular weight is 268 g/mol. The molecule has 2 aromatic rings. The lowest BCUT2D eigenvalue weighted by molar-refractivity contribution is -0.0332. The first-order valence-electron chi connectivity index (χ1n) is 5.41. The van der Waals surface area contributed by atoms with Crippen molar-refractivity contribution < 1.29 is 13.2 Å². The molecule has 0 saturated heterocycles. The second-order valence-corrected chi connectivity index (χ2v) is 4.94. The number of halogens is 3. The van der Waals surface area contributed by atoms with Crippen LogP contribution in [0.25, 0.3) is 0 Å². The summed E-state index contributed by atoms with van der Waals surface area (Å²) in [5, 5.41) is -0.715. The molecule has 0 nitrogen and oxygen atoms in total. The first-order valence-corrected chi connectivity index (χ1v) is 6.29. The van der Waals surface area contributed by atoms with Gasteiger partial charge in [0.25, 0.3) is 0 Å². The van der Waals surface area contributed by atoms with Gasteiger partial charge in [-0.25, -0.2) is 0 Å². The van der Waals surface area contributed by atoms with E-state index in [9.17, 15) is 13.2 Å². The number of rotatable bonds is 3. The highest BCUT2D eigenvalue weighted by molar-refractivity contribution is 8.00. The maximum absolute atomic E-state index is 12.6. The molecule has 0 bridgehead atoms. The van der Waals surface area contributed by atoms with Crippen molar-refractivity contribution in [2.45, 2.75) is 10.8 Å². The van der Waals surface area contributed by atoms with Gasteiger partial charge in [0, 0.05) is 0 Å². The largest absolute Gasteiger partial charge is 0.442 e. The highest BCUT2D eigenvalue weighted by Crippen LogP contribution is 2.45. The molecule has 0 aliphatic rings. The molecule has 0 spiro atoms. The predicted octanol–water partition coefficient (Wildman–Crippen LogP) is 5.03. The summed E-state index contributed by atoms with van der Waals surface area (Å²) in [6.07, 6.45) is 0. The van der Waals surface area contributed by atoms with Crippen LogP contribution in [0.4, 0.5) is 13.2 Å². The van der Waals surface area contributed by atoms with Gasteiger partial charge in [0.1, 0.15) is 0 Å². The number of hydrogen-bond acceptors (Lipinski definition) is 1. The number of alkyl halides is 3. The van der Waals surface area contributed by atoms with Crippen LogP contribution in [0.15, 0.2) is 60.7 Å². The number of thioether (sulfide) groups is 1. The molecule has 0 aliphatic carbocycles. The maximum atomic E-state index is 12.6. The Kier molecular flexibility index (Phi) is 3.97. The molecule has 2 aromatic carbocycles. The van der Waals surface area contributed by atoms with Crippen LogP contribution < -0.4 is 0 Å². The van der Waals surface area contributed by atoms with E-state index in [1.807, 2.05) is 0 Å². The Morgan fingerprint density at radius 3 is 1.44 bits per heavy atom. The fraction of sp³-hybridized carbons (Fsp3) is 0.143.